The second-order valence-corrected chi connectivity index (χ2v) is 11.9. The Kier molecular flexibility index (Phi) is 8.30. The maximum atomic E-state index is 13.6. The Labute approximate surface area is 251 Å². The Morgan fingerprint density at radius 2 is 1.75 bits per heavy atom. The topological polar surface area (TPSA) is 148 Å². The third kappa shape index (κ3) is 6.82. The molecule has 1 atom stereocenters. The number of sulfonamides is 1. The van der Waals surface area contributed by atoms with E-state index in [1.54, 1.807) is 31.3 Å². The molecular formula is C30H28F3N7O3S. The molecule has 0 aliphatic heterocycles. The van der Waals surface area contributed by atoms with Crippen LogP contribution in [0.5, 0.6) is 0 Å². The van der Waals surface area contributed by atoms with Gasteiger partial charge in [-0.2, -0.15) is 18.3 Å². The zero-order valence-electron chi connectivity index (χ0n) is 23.6. The number of carbonyl (C=O) groups is 1. The molecule has 1 amide bonds. The first-order valence-electron chi connectivity index (χ1n) is 13.3. The molecule has 0 saturated carbocycles. The molecule has 2 aromatic heterocycles. The van der Waals surface area contributed by atoms with E-state index in [0.717, 1.165) is 21.9 Å². The quantitative estimate of drug-likeness (QED) is 0.177. The molecule has 0 bridgehead atoms. The fraction of sp³-hybridized carbons (Fsp3) is 0.167. The summed E-state index contributed by atoms with van der Waals surface area (Å²) in [7, 11) is -4.11. The predicted molar refractivity (Wildman–Crippen MR) is 160 cm³/mol. The molecule has 0 fully saturated rings. The molecule has 44 heavy (non-hydrogen) atoms. The first-order valence-corrected chi connectivity index (χ1v) is 14.8. The number of nitrogens with one attached hydrogen (secondary N) is 3. The van der Waals surface area contributed by atoms with Crippen LogP contribution in [0.15, 0.2) is 90.2 Å². The number of aromatic nitrogens is 4. The smallest absolute Gasteiger partial charge is 0.351 e. The molecule has 0 saturated heterocycles. The van der Waals surface area contributed by atoms with Crippen molar-refractivity contribution in [1.82, 2.24) is 19.7 Å². The summed E-state index contributed by atoms with van der Waals surface area (Å²) in [5, 5.41) is 6.46. The number of H-pyrrole nitrogens is 1. The summed E-state index contributed by atoms with van der Waals surface area (Å²) in [6.45, 7) is 3.62. The molecule has 2 heterocycles. The lowest BCUT2D eigenvalue weighted by molar-refractivity contribution is -0.141. The van der Waals surface area contributed by atoms with Gasteiger partial charge in [-0.05, 0) is 74.0 Å². The predicted octanol–water partition coefficient (Wildman–Crippen LogP) is 5.21. The zero-order chi connectivity index (χ0) is 31.6. The standard InChI is InChI=1S/C30H28F3N7O3S/c1-18-6-7-19(2)25(12-18)27-15-28(30(31,32)33)38-40(27)23-8-10-24(11-9-23)44(42,43)39-21-5-3-4-20(13-21)37-29(41)26(34)14-22-16-35-17-36-22/h3-13,15-17,26,39H,14,34H2,1-2H3,(H,35,36)(H,37,41). The van der Waals surface area contributed by atoms with Crippen LogP contribution in [0.25, 0.3) is 16.9 Å². The molecule has 14 heteroatoms. The highest BCUT2D eigenvalue weighted by molar-refractivity contribution is 7.92. The summed E-state index contributed by atoms with van der Waals surface area (Å²) >= 11 is 0. The maximum absolute atomic E-state index is 13.6. The van der Waals surface area contributed by atoms with E-state index in [9.17, 15) is 26.4 Å². The molecule has 228 valence electrons. The minimum Gasteiger partial charge on any atom is -0.351 e. The van der Waals surface area contributed by atoms with Crippen molar-refractivity contribution in [3.05, 3.63) is 108 Å². The number of amides is 1. The largest absolute Gasteiger partial charge is 0.435 e. The van der Waals surface area contributed by atoms with E-state index in [4.69, 9.17) is 5.73 Å². The van der Waals surface area contributed by atoms with E-state index < -0.39 is 33.8 Å². The van der Waals surface area contributed by atoms with Crippen LogP contribution in [0.4, 0.5) is 24.5 Å². The van der Waals surface area contributed by atoms with E-state index in [2.05, 4.69) is 25.1 Å². The number of hydrogen-bond donors (Lipinski definition) is 4. The van der Waals surface area contributed by atoms with Gasteiger partial charge in [0, 0.05) is 23.9 Å². The lowest BCUT2D eigenvalue weighted by atomic mass is 10.0. The van der Waals surface area contributed by atoms with Crippen molar-refractivity contribution < 1.29 is 26.4 Å². The molecule has 10 nitrogen and oxygen atoms in total. The van der Waals surface area contributed by atoms with Crippen molar-refractivity contribution in [1.29, 1.82) is 0 Å². The number of anilines is 2. The van der Waals surface area contributed by atoms with Gasteiger partial charge in [0.1, 0.15) is 0 Å². The molecule has 5 aromatic rings. The van der Waals surface area contributed by atoms with E-state index in [0.29, 0.717) is 16.9 Å². The van der Waals surface area contributed by atoms with Gasteiger partial charge in [0.05, 0.1) is 40.0 Å². The normalized spacial score (nSPS) is 12.6. The minimum atomic E-state index is -4.68. The molecule has 3 aromatic carbocycles. The number of alkyl halides is 3. The first-order chi connectivity index (χ1) is 20.8. The second kappa shape index (κ2) is 12.0. The van der Waals surface area contributed by atoms with Gasteiger partial charge in [0.15, 0.2) is 5.69 Å². The van der Waals surface area contributed by atoms with Crippen LogP contribution < -0.4 is 15.8 Å². The van der Waals surface area contributed by atoms with Crippen molar-refractivity contribution in [2.24, 2.45) is 5.73 Å². The average Bonchev–Trinajstić information content (AvgIpc) is 3.65. The number of nitrogens with two attached hydrogens (primary N) is 1. The molecule has 5 N–H and O–H groups in total. The Balaban J connectivity index is 1.36. The van der Waals surface area contributed by atoms with E-state index in [1.807, 2.05) is 19.1 Å². The van der Waals surface area contributed by atoms with Crippen LogP contribution in [0, 0.1) is 13.8 Å². The van der Waals surface area contributed by atoms with Crippen LogP contribution in [-0.2, 0) is 27.4 Å². The number of halogens is 3. The highest BCUT2D eigenvalue weighted by Gasteiger charge is 2.35. The number of carbonyl (C=O) groups excluding carboxylic acids is 1. The minimum absolute atomic E-state index is 0.131. The van der Waals surface area contributed by atoms with Crippen LogP contribution in [0.3, 0.4) is 0 Å². The third-order valence-electron chi connectivity index (χ3n) is 6.76. The molecule has 0 aliphatic rings. The number of hydrogen-bond acceptors (Lipinski definition) is 6. The summed E-state index contributed by atoms with van der Waals surface area (Å²) in [5.74, 6) is -0.476. The lowest BCUT2D eigenvalue weighted by Crippen LogP contribution is -2.37. The molecule has 0 spiro atoms. The summed E-state index contributed by atoms with van der Waals surface area (Å²) < 4.78 is 70.9. The van der Waals surface area contributed by atoms with Crippen molar-refractivity contribution in [2.75, 3.05) is 10.0 Å². The van der Waals surface area contributed by atoms with E-state index >= 15 is 0 Å². The molecule has 1 unspecified atom stereocenters. The highest BCUT2D eigenvalue weighted by Crippen LogP contribution is 2.35. The summed E-state index contributed by atoms with van der Waals surface area (Å²) in [6, 6.07) is 16.9. The van der Waals surface area contributed by atoms with Gasteiger partial charge in [-0.3, -0.25) is 9.52 Å². The SMILES string of the molecule is Cc1ccc(C)c(-c2cc(C(F)(F)F)nn2-c2ccc(S(=O)(=O)Nc3cccc(NC(=O)C(N)Cc4c[nH]cn4)c3)cc2)c1. The van der Waals surface area contributed by atoms with Gasteiger partial charge >= 0.3 is 6.18 Å². The number of benzene rings is 3. The second-order valence-electron chi connectivity index (χ2n) is 10.2. The van der Waals surface area contributed by atoms with Crippen LogP contribution in [0.2, 0.25) is 0 Å². The lowest BCUT2D eigenvalue weighted by Gasteiger charge is -2.14. The molecular weight excluding hydrogens is 595 g/mol. The van der Waals surface area contributed by atoms with Gasteiger partial charge in [-0.1, -0.05) is 23.8 Å². The number of nitrogens with zero attached hydrogens (tertiary/aromatic N) is 3. The number of aromatic amines is 1. The van der Waals surface area contributed by atoms with E-state index in [-0.39, 0.29) is 28.4 Å². The Hall–Kier alpha value is -4.95. The number of aryl methyl sites for hydroxylation is 2. The summed E-state index contributed by atoms with van der Waals surface area (Å²) in [4.78, 5) is 19.2. The van der Waals surface area contributed by atoms with Crippen LogP contribution in [0.1, 0.15) is 22.5 Å². The van der Waals surface area contributed by atoms with Gasteiger partial charge in [-0.15, -0.1) is 0 Å². The molecule has 0 radical (unpaired) electrons. The first kappa shape index (κ1) is 30.5. The van der Waals surface area contributed by atoms with Gasteiger partial charge in [0.2, 0.25) is 5.91 Å². The average molecular weight is 624 g/mol. The van der Waals surface area contributed by atoms with Crippen LogP contribution in [-0.4, -0.2) is 40.1 Å². The summed E-state index contributed by atoms with van der Waals surface area (Å²) in [6.07, 6.45) is -1.36. The summed E-state index contributed by atoms with van der Waals surface area (Å²) in [5.41, 5.74) is 8.66. The van der Waals surface area contributed by atoms with Crippen molar-refractivity contribution in [3.63, 3.8) is 0 Å². The Morgan fingerprint density at radius 1 is 1.02 bits per heavy atom. The zero-order valence-corrected chi connectivity index (χ0v) is 24.4. The van der Waals surface area contributed by atoms with E-state index in [1.165, 1.54) is 42.7 Å². The van der Waals surface area contributed by atoms with Crippen molar-refractivity contribution in [2.45, 2.75) is 37.4 Å². The fourth-order valence-electron chi connectivity index (χ4n) is 4.52. The van der Waals surface area contributed by atoms with Gasteiger partial charge in [0.25, 0.3) is 10.0 Å². The number of rotatable bonds is 9. The third-order valence-corrected chi connectivity index (χ3v) is 8.16. The fourth-order valence-corrected chi connectivity index (χ4v) is 5.57. The van der Waals surface area contributed by atoms with Gasteiger partial charge < -0.3 is 16.0 Å². The Morgan fingerprint density at radius 3 is 2.43 bits per heavy atom. The molecule has 0 aliphatic carbocycles. The highest BCUT2D eigenvalue weighted by atomic mass is 32.2. The van der Waals surface area contributed by atoms with Crippen LogP contribution >= 0.6 is 0 Å². The molecule has 5 rings (SSSR count). The Bertz CT molecular complexity index is 1900. The maximum Gasteiger partial charge on any atom is 0.435 e. The van der Waals surface area contributed by atoms with Crippen molar-refractivity contribution in [3.8, 4) is 16.9 Å². The van der Waals surface area contributed by atoms with Crippen molar-refractivity contribution >= 4 is 27.3 Å². The van der Waals surface area contributed by atoms with Gasteiger partial charge in [-0.25, -0.2) is 18.1 Å². The monoisotopic (exact) mass is 623 g/mol. The number of imidazole rings is 1.